The molecule has 0 N–H and O–H groups in total. The number of nitriles is 1. The van der Waals surface area contributed by atoms with E-state index in [1.807, 2.05) is 18.2 Å². The summed E-state index contributed by atoms with van der Waals surface area (Å²) in [4.78, 5) is 4.13. The maximum atomic E-state index is 12.2. The normalized spacial score (nSPS) is 18.1. The maximum absolute atomic E-state index is 12.2. The van der Waals surface area contributed by atoms with Gasteiger partial charge in [0.05, 0.1) is 11.8 Å². The van der Waals surface area contributed by atoms with Crippen molar-refractivity contribution in [1.82, 2.24) is 9.29 Å². The minimum Gasteiger partial charge on any atom is -0.261 e. The lowest BCUT2D eigenvalue weighted by Gasteiger charge is -2.28. The molecule has 19 heavy (non-hydrogen) atoms. The third-order valence-corrected chi connectivity index (χ3v) is 5.24. The van der Waals surface area contributed by atoms with Gasteiger partial charge in [-0.2, -0.15) is 5.26 Å². The standard InChI is InChI=1S/C13H17N3O2S/c14-11-12-4-8-16(9-5-12)19(17,18)10-6-13-3-1-2-7-15-13/h1-3,7,12H,4-6,8-10H2. The monoisotopic (exact) mass is 279 g/mol. The Hall–Kier alpha value is -1.45. The fourth-order valence-corrected chi connectivity index (χ4v) is 3.66. The fourth-order valence-electron chi connectivity index (χ4n) is 2.17. The highest BCUT2D eigenvalue weighted by Crippen LogP contribution is 2.19. The van der Waals surface area contributed by atoms with E-state index in [0.717, 1.165) is 5.69 Å². The quantitative estimate of drug-likeness (QED) is 0.829. The summed E-state index contributed by atoms with van der Waals surface area (Å²) in [5, 5.41) is 8.81. The smallest absolute Gasteiger partial charge is 0.214 e. The lowest BCUT2D eigenvalue weighted by atomic mass is 10.0. The van der Waals surface area contributed by atoms with E-state index in [4.69, 9.17) is 5.26 Å². The highest BCUT2D eigenvalue weighted by molar-refractivity contribution is 7.89. The van der Waals surface area contributed by atoms with Gasteiger partial charge in [-0.3, -0.25) is 4.98 Å². The molecule has 1 saturated heterocycles. The Labute approximate surface area is 113 Å². The van der Waals surface area contributed by atoms with Crippen LogP contribution in [0.5, 0.6) is 0 Å². The highest BCUT2D eigenvalue weighted by Gasteiger charge is 2.27. The molecule has 1 aliphatic rings. The molecule has 0 bridgehead atoms. The van der Waals surface area contributed by atoms with Crippen LogP contribution in [0, 0.1) is 17.2 Å². The van der Waals surface area contributed by atoms with Crippen molar-refractivity contribution in [1.29, 1.82) is 5.26 Å². The first-order valence-corrected chi connectivity index (χ1v) is 8.00. The van der Waals surface area contributed by atoms with E-state index in [1.165, 1.54) is 4.31 Å². The molecule has 1 aliphatic heterocycles. The van der Waals surface area contributed by atoms with Crippen molar-refractivity contribution in [2.45, 2.75) is 19.3 Å². The molecule has 0 radical (unpaired) electrons. The maximum Gasteiger partial charge on any atom is 0.214 e. The molecule has 1 fully saturated rings. The summed E-state index contributed by atoms with van der Waals surface area (Å²) >= 11 is 0. The van der Waals surface area contributed by atoms with Gasteiger partial charge in [0.1, 0.15) is 0 Å². The van der Waals surface area contributed by atoms with E-state index in [9.17, 15) is 8.42 Å². The average Bonchev–Trinajstić information content (AvgIpc) is 2.46. The predicted octanol–water partition coefficient (Wildman–Crippen LogP) is 1.19. The Morgan fingerprint density at radius 1 is 1.37 bits per heavy atom. The van der Waals surface area contributed by atoms with Gasteiger partial charge in [-0.05, 0) is 25.0 Å². The molecule has 2 heterocycles. The number of aryl methyl sites for hydroxylation is 1. The highest BCUT2D eigenvalue weighted by atomic mass is 32.2. The minimum absolute atomic E-state index is 0.00207. The molecule has 5 nitrogen and oxygen atoms in total. The van der Waals surface area contributed by atoms with Gasteiger partial charge in [0.15, 0.2) is 0 Å². The van der Waals surface area contributed by atoms with Gasteiger partial charge < -0.3 is 0 Å². The summed E-state index contributed by atoms with van der Waals surface area (Å²) in [7, 11) is -3.23. The van der Waals surface area contributed by atoms with Gasteiger partial charge in [0, 0.05) is 37.3 Å². The van der Waals surface area contributed by atoms with Crippen molar-refractivity contribution in [3.63, 3.8) is 0 Å². The van der Waals surface area contributed by atoms with Crippen molar-refractivity contribution in [2.75, 3.05) is 18.8 Å². The van der Waals surface area contributed by atoms with E-state index in [1.54, 1.807) is 6.20 Å². The number of aromatic nitrogens is 1. The molecule has 1 aromatic heterocycles. The molecular weight excluding hydrogens is 262 g/mol. The van der Waals surface area contributed by atoms with Crippen LogP contribution in [0.15, 0.2) is 24.4 Å². The molecule has 2 rings (SSSR count). The molecule has 0 atom stereocenters. The molecule has 1 aromatic rings. The fraction of sp³-hybridized carbons (Fsp3) is 0.538. The number of nitrogens with zero attached hydrogens (tertiary/aromatic N) is 3. The second-order valence-corrected chi connectivity index (χ2v) is 6.78. The Morgan fingerprint density at radius 2 is 2.11 bits per heavy atom. The summed E-state index contributed by atoms with van der Waals surface area (Å²) in [6.45, 7) is 0.922. The number of piperidine rings is 1. The molecule has 0 spiro atoms. The minimum atomic E-state index is -3.23. The Morgan fingerprint density at radius 3 is 2.68 bits per heavy atom. The molecule has 0 saturated carbocycles. The van der Waals surface area contributed by atoms with E-state index in [0.29, 0.717) is 32.4 Å². The van der Waals surface area contributed by atoms with E-state index in [-0.39, 0.29) is 11.7 Å². The van der Waals surface area contributed by atoms with Crippen molar-refractivity contribution in [3.8, 4) is 6.07 Å². The van der Waals surface area contributed by atoms with Crippen LogP contribution in [0.3, 0.4) is 0 Å². The predicted molar refractivity (Wildman–Crippen MR) is 71.6 cm³/mol. The van der Waals surface area contributed by atoms with E-state index in [2.05, 4.69) is 11.1 Å². The lowest BCUT2D eigenvalue weighted by Crippen LogP contribution is -2.39. The van der Waals surface area contributed by atoms with Crippen LogP contribution in [0.1, 0.15) is 18.5 Å². The van der Waals surface area contributed by atoms with Crippen molar-refractivity contribution in [3.05, 3.63) is 30.1 Å². The second kappa shape index (κ2) is 6.13. The molecule has 0 amide bonds. The number of sulfonamides is 1. The Balaban J connectivity index is 1.91. The van der Waals surface area contributed by atoms with Gasteiger partial charge in [0.25, 0.3) is 0 Å². The average molecular weight is 279 g/mol. The van der Waals surface area contributed by atoms with Crippen LogP contribution in [0.2, 0.25) is 0 Å². The number of pyridine rings is 1. The van der Waals surface area contributed by atoms with Gasteiger partial charge >= 0.3 is 0 Å². The van der Waals surface area contributed by atoms with E-state index >= 15 is 0 Å². The zero-order valence-electron chi connectivity index (χ0n) is 10.7. The summed E-state index contributed by atoms with van der Waals surface area (Å²) in [5.74, 6) is 0.0866. The van der Waals surface area contributed by atoms with Crippen LogP contribution in [0.25, 0.3) is 0 Å². The van der Waals surface area contributed by atoms with Crippen LogP contribution in [0.4, 0.5) is 0 Å². The first-order valence-electron chi connectivity index (χ1n) is 6.39. The van der Waals surface area contributed by atoms with Crippen molar-refractivity contribution >= 4 is 10.0 Å². The van der Waals surface area contributed by atoms with E-state index < -0.39 is 10.0 Å². The SMILES string of the molecule is N#CC1CCN(S(=O)(=O)CCc2ccccn2)CC1. The third-order valence-electron chi connectivity index (χ3n) is 3.37. The number of hydrogen-bond acceptors (Lipinski definition) is 4. The van der Waals surface area contributed by atoms with Crippen LogP contribution < -0.4 is 0 Å². The second-order valence-electron chi connectivity index (χ2n) is 4.69. The third kappa shape index (κ3) is 3.75. The topological polar surface area (TPSA) is 74.1 Å². The van der Waals surface area contributed by atoms with Crippen molar-refractivity contribution < 1.29 is 8.42 Å². The van der Waals surface area contributed by atoms with Gasteiger partial charge in [-0.25, -0.2) is 12.7 Å². The summed E-state index contributed by atoms with van der Waals surface area (Å²) in [6.07, 6.45) is 3.38. The first kappa shape index (κ1) is 14.0. The Bertz CT molecular complexity index is 543. The largest absolute Gasteiger partial charge is 0.261 e. The van der Waals surface area contributed by atoms with Gasteiger partial charge in [0.2, 0.25) is 10.0 Å². The van der Waals surface area contributed by atoms with Gasteiger partial charge in [-0.1, -0.05) is 6.07 Å². The number of rotatable bonds is 4. The van der Waals surface area contributed by atoms with Crippen LogP contribution >= 0.6 is 0 Å². The summed E-state index contributed by atoms with van der Waals surface area (Å²) in [6, 6.07) is 7.70. The molecule has 6 heteroatoms. The van der Waals surface area contributed by atoms with Crippen LogP contribution in [-0.4, -0.2) is 36.5 Å². The first-order chi connectivity index (χ1) is 9.12. The molecule has 0 aliphatic carbocycles. The molecule has 0 unspecified atom stereocenters. The zero-order chi connectivity index (χ0) is 13.7. The summed E-state index contributed by atoms with van der Waals surface area (Å²) < 4.78 is 25.8. The zero-order valence-corrected chi connectivity index (χ0v) is 11.5. The lowest BCUT2D eigenvalue weighted by molar-refractivity contribution is 0.310. The Kier molecular flexibility index (Phi) is 4.51. The van der Waals surface area contributed by atoms with Crippen molar-refractivity contribution in [2.24, 2.45) is 5.92 Å². The molecular formula is C13H17N3O2S. The number of hydrogen-bond donors (Lipinski definition) is 0. The summed E-state index contributed by atoms with van der Waals surface area (Å²) in [5.41, 5.74) is 0.790. The van der Waals surface area contributed by atoms with Crippen LogP contribution in [-0.2, 0) is 16.4 Å². The molecule has 0 aromatic carbocycles. The molecule has 102 valence electrons. The van der Waals surface area contributed by atoms with Gasteiger partial charge in [-0.15, -0.1) is 0 Å².